The number of amides is 5. The van der Waals surface area contributed by atoms with Crippen LogP contribution in [0.15, 0.2) is 24.3 Å². The predicted octanol–water partition coefficient (Wildman–Crippen LogP) is -2.28. The van der Waals surface area contributed by atoms with Gasteiger partial charge >= 0.3 is 5.97 Å². The summed E-state index contributed by atoms with van der Waals surface area (Å²) in [5.41, 5.74) is 17.4. The summed E-state index contributed by atoms with van der Waals surface area (Å²) in [5.74, 6) is -5.39. The number of nitrogens with one attached hydrogen (secondary N) is 4. The van der Waals surface area contributed by atoms with Gasteiger partial charge in [0.15, 0.2) is 0 Å². The zero-order chi connectivity index (χ0) is 34.1. The first-order chi connectivity index (χ1) is 21.2. The van der Waals surface area contributed by atoms with Gasteiger partial charge in [-0.25, -0.2) is 4.79 Å². The Balaban J connectivity index is 3.02. The van der Waals surface area contributed by atoms with Crippen molar-refractivity contribution in [3.8, 4) is 5.75 Å². The van der Waals surface area contributed by atoms with Crippen LogP contribution in [0.3, 0.4) is 0 Å². The fraction of sp³-hybridized carbons (Fsp3) is 0.586. The van der Waals surface area contributed by atoms with Crippen LogP contribution in [0.4, 0.5) is 0 Å². The Morgan fingerprint density at radius 3 is 1.80 bits per heavy atom. The molecular formula is C29H47N7O9. The molecule has 0 aromatic heterocycles. The lowest BCUT2D eigenvalue weighted by atomic mass is 10.0. The average molecular weight is 638 g/mol. The Labute approximate surface area is 261 Å². The number of carboxylic acids is 1. The first-order valence-corrected chi connectivity index (χ1v) is 14.7. The van der Waals surface area contributed by atoms with Gasteiger partial charge in [0.1, 0.15) is 29.9 Å². The second-order valence-electron chi connectivity index (χ2n) is 11.2. The average Bonchev–Trinajstić information content (AvgIpc) is 2.97. The minimum Gasteiger partial charge on any atom is -0.508 e. The maximum Gasteiger partial charge on any atom is 0.326 e. The van der Waals surface area contributed by atoms with E-state index in [4.69, 9.17) is 17.2 Å². The summed E-state index contributed by atoms with van der Waals surface area (Å²) in [6.45, 7) is 3.01. The molecular weight excluding hydrogens is 590 g/mol. The first kappa shape index (κ1) is 38.7. The van der Waals surface area contributed by atoms with Gasteiger partial charge in [0, 0.05) is 6.42 Å². The number of aromatic hydroxyl groups is 1. The van der Waals surface area contributed by atoms with Crippen LogP contribution in [-0.2, 0) is 35.2 Å². The number of benzene rings is 1. The maximum atomic E-state index is 13.1. The fourth-order valence-corrected chi connectivity index (χ4v) is 4.28. The van der Waals surface area contributed by atoms with Gasteiger partial charge < -0.3 is 53.8 Å². The molecule has 0 bridgehead atoms. The molecule has 0 saturated heterocycles. The second-order valence-corrected chi connectivity index (χ2v) is 11.2. The zero-order valence-electron chi connectivity index (χ0n) is 25.7. The Kier molecular flexibility index (Phi) is 17.1. The highest BCUT2D eigenvalue weighted by atomic mass is 16.4. The van der Waals surface area contributed by atoms with E-state index in [0.717, 1.165) is 0 Å². The van der Waals surface area contributed by atoms with Gasteiger partial charge in [-0.15, -0.1) is 0 Å². The molecule has 1 aromatic rings. The maximum absolute atomic E-state index is 13.1. The predicted molar refractivity (Wildman–Crippen MR) is 163 cm³/mol. The van der Waals surface area contributed by atoms with Crippen LogP contribution in [0.5, 0.6) is 5.75 Å². The number of aliphatic carboxylic acids is 1. The van der Waals surface area contributed by atoms with Gasteiger partial charge in [0.25, 0.3) is 0 Å². The molecule has 45 heavy (non-hydrogen) atoms. The zero-order valence-corrected chi connectivity index (χ0v) is 25.7. The molecule has 0 saturated carbocycles. The molecule has 16 nitrogen and oxygen atoms in total. The highest BCUT2D eigenvalue weighted by Gasteiger charge is 2.31. The molecule has 1 rings (SSSR count). The number of hydrogen-bond acceptors (Lipinski definition) is 10. The molecule has 0 aliphatic heterocycles. The lowest BCUT2D eigenvalue weighted by Gasteiger charge is -2.26. The van der Waals surface area contributed by atoms with E-state index >= 15 is 0 Å². The van der Waals surface area contributed by atoms with Crippen molar-refractivity contribution in [2.45, 2.75) is 89.0 Å². The number of aliphatic hydroxyl groups excluding tert-OH is 1. The number of phenols is 1. The van der Waals surface area contributed by atoms with Crippen LogP contribution in [0, 0.1) is 5.92 Å². The molecule has 13 N–H and O–H groups in total. The molecule has 252 valence electrons. The number of carbonyl (C=O) groups is 6. The third kappa shape index (κ3) is 14.8. The fourth-order valence-electron chi connectivity index (χ4n) is 4.28. The normalized spacial score (nSPS) is 14.4. The van der Waals surface area contributed by atoms with Crippen LogP contribution < -0.4 is 38.5 Å². The molecule has 0 radical (unpaired) electrons. The molecule has 0 aliphatic rings. The smallest absolute Gasteiger partial charge is 0.326 e. The van der Waals surface area contributed by atoms with E-state index in [1.165, 1.54) is 12.1 Å². The number of carbonyl (C=O) groups excluding carboxylic acids is 5. The number of primary amides is 1. The molecule has 0 aliphatic carbocycles. The number of unbranched alkanes of at least 4 members (excludes halogenated alkanes) is 1. The standard InChI is InChI=1S/C29H47N7O9/c1-16(2)13-22(29(44)45)35-26(41)20(5-3-4-12-30)34-28(43)23(15-37)36-27(42)21(10-11-24(32)39)33-25(40)19(31)14-17-6-8-18(38)9-7-17/h6-9,16,19-23,37-38H,3-5,10-15,30-31H2,1-2H3,(H2,32,39)(H,33,40)(H,34,43)(H,35,41)(H,36,42)(H,44,45)/t19-,20-,21-,22-,23-/m0/s1. The topological polar surface area (TPSA) is 289 Å². The third-order valence-electron chi connectivity index (χ3n) is 6.76. The van der Waals surface area contributed by atoms with Gasteiger partial charge in [-0.2, -0.15) is 0 Å². The van der Waals surface area contributed by atoms with Crippen molar-refractivity contribution in [1.29, 1.82) is 0 Å². The number of rotatable bonds is 21. The minimum atomic E-state index is -1.58. The van der Waals surface area contributed by atoms with E-state index < -0.39 is 72.3 Å². The summed E-state index contributed by atoms with van der Waals surface area (Å²) in [7, 11) is 0. The van der Waals surface area contributed by atoms with Crippen molar-refractivity contribution in [2.24, 2.45) is 23.1 Å². The highest BCUT2D eigenvalue weighted by molar-refractivity contribution is 5.95. The molecule has 1 aromatic carbocycles. The quantitative estimate of drug-likeness (QED) is 0.0640. The molecule has 0 spiro atoms. The molecule has 0 unspecified atom stereocenters. The monoisotopic (exact) mass is 637 g/mol. The Hall–Kier alpha value is -4.28. The van der Waals surface area contributed by atoms with Gasteiger partial charge in [0.05, 0.1) is 12.6 Å². The van der Waals surface area contributed by atoms with Gasteiger partial charge in [-0.05, 0) is 68.7 Å². The van der Waals surface area contributed by atoms with Crippen molar-refractivity contribution in [1.82, 2.24) is 21.3 Å². The van der Waals surface area contributed by atoms with Crippen LogP contribution in [0.2, 0.25) is 0 Å². The van der Waals surface area contributed by atoms with Crippen LogP contribution in [0.25, 0.3) is 0 Å². The van der Waals surface area contributed by atoms with E-state index in [0.29, 0.717) is 24.9 Å². The summed E-state index contributed by atoms with van der Waals surface area (Å²) in [6.07, 6.45) is 0.706. The number of phenolic OH excluding ortho intramolecular Hbond substituents is 1. The summed E-state index contributed by atoms with van der Waals surface area (Å²) >= 11 is 0. The molecule has 0 fully saturated rings. The molecule has 0 heterocycles. The van der Waals surface area contributed by atoms with Crippen LogP contribution in [-0.4, -0.2) is 94.2 Å². The van der Waals surface area contributed by atoms with E-state index in [9.17, 15) is 44.1 Å². The van der Waals surface area contributed by atoms with Crippen molar-refractivity contribution in [3.63, 3.8) is 0 Å². The number of carboxylic acid groups (broad SMARTS) is 1. The summed E-state index contributed by atoms with van der Waals surface area (Å²) in [4.78, 5) is 75.1. The lowest BCUT2D eigenvalue weighted by Crippen LogP contribution is -2.59. The Bertz CT molecular complexity index is 1150. The van der Waals surface area contributed by atoms with E-state index in [1.54, 1.807) is 26.0 Å². The third-order valence-corrected chi connectivity index (χ3v) is 6.76. The molecule has 5 atom stereocenters. The Morgan fingerprint density at radius 2 is 1.29 bits per heavy atom. The van der Waals surface area contributed by atoms with Crippen molar-refractivity contribution < 1.29 is 44.1 Å². The largest absolute Gasteiger partial charge is 0.508 e. The van der Waals surface area contributed by atoms with Gasteiger partial charge in [-0.3, -0.25) is 24.0 Å². The van der Waals surface area contributed by atoms with Gasteiger partial charge in [-0.1, -0.05) is 26.0 Å². The lowest BCUT2D eigenvalue weighted by molar-refractivity contribution is -0.143. The van der Waals surface area contributed by atoms with Crippen molar-refractivity contribution in [2.75, 3.05) is 13.2 Å². The Morgan fingerprint density at radius 1 is 0.778 bits per heavy atom. The van der Waals surface area contributed by atoms with E-state index in [1.807, 2.05) is 0 Å². The number of aliphatic hydroxyl groups is 1. The highest BCUT2D eigenvalue weighted by Crippen LogP contribution is 2.12. The minimum absolute atomic E-state index is 0.0283. The van der Waals surface area contributed by atoms with E-state index in [-0.39, 0.29) is 43.8 Å². The first-order valence-electron chi connectivity index (χ1n) is 14.7. The summed E-state index contributed by atoms with van der Waals surface area (Å²) < 4.78 is 0. The SMILES string of the molecule is CC(C)C[C@H](NC(=O)[C@H](CCCCN)NC(=O)[C@H](CO)NC(=O)[C@H](CCC(N)=O)NC(=O)[C@@H](N)Cc1ccc(O)cc1)C(=O)O. The van der Waals surface area contributed by atoms with E-state index in [2.05, 4.69) is 21.3 Å². The number of nitrogens with two attached hydrogens (primary N) is 3. The summed E-state index contributed by atoms with van der Waals surface area (Å²) in [6, 6.07) is -0.478. The number of hydrogen-bond donors (Lipinski definition) is 10. The molecule has 5 amide bonds. The second kappa shape index (κ2) is 19.9. The summed E-state index contributed by atoms with van der Waals surface area (Å²) in [5, 5.41) is 38.5. The van der Waals surface area contributed by atoms with Crippen molar-refractivity contribution in [3.05, 3.63) is 29.8 Å². The van der Waals surface area contributed by atoms with Gasteiger partial charge in [0.2, 0.25) is 29.5 Å². The van der Waals surface area contributed by atoms with Crippen LogP contribution in [0.1, 0.15) is 57.9 Å². The van der Waals surface area contributed by atoms with Crippen molar-refractivity contribution >= 4 is 35.5 Å². The molecule has 16 heteroatoms. The van der Waals surface area contributed by atoms with Crippen LogP contribution >= 0.6 is 0 Å².